The van der Waals surface area contributed by atoms with E-state index in [4.69, 9.17) is 11.6 Å². The Labute approximate surface area is 89.5 Å². The molecule has 0 fully saturated rings. The summed E-state index contributed by atoms with van der Waals surface area (Å²) in [5.41, 5.74) is 1.58. The van der Waals surface area contributed by atoms with Crippen molar-refractivity contribution in [3.8, 4) is 0 Å². The van der Waals surface area contributed by atoms with Gasteiger partial charge in [0, 0.05) is 29.9 Å². The van der Waals surface area contributed by atoms with Gasteiger partial charge in [-0.25, -0.2) is 0 Å². The number of hydrogen-bond acceptors (Lipinski definition) is 2. The SMILES string of the molecule is CCCN(C)c1cc(Cl)ccc1C=O. The van der Waals surface area contributed by atoms with Crippen molar-refractivity contribution in [2.75, 3.05) is 18.5 Å². The van der Waals surface area contributed by atoms with Crippen molar-refractivity contribution in [2.24, 2.45) is 0 Å². The zero-order chi connectivity index (χ0) is 10.6. The molecule has 1 aromatic rings. The molecule has 0 aliphatic heterocycles. The first kappa shape index (κ1) is 11.1. The summed E-state index contributed by atoms with van der Waals surface area (Å²) in [5, 5.41) is 0.661. The van der Waals surface area contributed by atoms with E-state index in [1.165, 1.54) is 0 Å². The summed E-state index contributed by atoms with van der Waals surface area (Å²) in [6, 6.07) is 5.30. The number of hydrogen-bond donors (Lipinski definition) is 0. The van der Waals surface area contributed by atoms with Gasteiger partial charge >= 0.3 is 0 Å². The third-order valence-corrected chi connectivity index (χ3v) is 2.32. The summed E-state index contributed by atoms with van der Waals surface area (Å²) in [7, 11) is 1.96. The van der Waals surface area contributed by atoms with Gasteiger partial charge in [-0.1, -0.05) is 18.5 Å². The van der Waals surface area contributed by atoms with Gasteiger partial charge < -0.3 is 4.90 Å². The topological polar surface area (TPSA) is 20.3 Å². The van der Waals surface area contributed by atoms with E-state index in [9.17, 15) is 4.79 Å². The largest absolute Gasteiger partial charge is 0.374 e. The number of anilines is 1. The minimum absolute atomic E-state index is 0.661. The Kier molecular flexibility index (Phi) is 3.96. The Bertz CT molecular complexity index is 325. The molecule has 0 saturated heterocycles. The highest BCUT2D eigenvalue weighted by Gasteiger charge is 2.06. The van der Waals surface area contributed by atoms with Crippen LogP contribution in [0, 0.1) is 0 Å². The molecule has 76 valence electrons. The van der Waals surface area contributed by atoms with Gasteiger partial charge in [-0.3, -0.25) is 4.79 Å². The van der Waals surface area contributed by atoms with Crippen LogP contribution in [0.25, 0.3) is 0 Å². The smallest absolute Gasteiger partial charge is 0.152 e. The van der Waals surface area contributed by atoms with Crippen LogP contribution in [0.5, 0.6) is 0 Å². The monoisotopic (exact) mass is 211 g/mol. The van der Waals surface area contributed by atoms with E-state index in [-0.39, 0.29) is 0 Å². The van der Waals surface area contributed by atoms with Crippen LogP contribution in [-0.4, -0.2) is 19.9 Å². The maximum absolute atomic E-state index is 10.8. The molecule has 0 bridgehead atoms. The maximum atomic E-state index is 10.8. The van der Waals surface area contributed by atoms with Gasteiger partial charge in [-0.15, -0.1) is 0 Å². The van der Waals surface area contributed by atoms with Crippen molar-refractivity contribution in [3.05, 3.63) is 28.8 Å². The number of carbonyl (C=O) groups excluding carboxylic acids is 1. The van der Waals surface area contributed by atoms with Crippen molar-refractivity contribution in [1.82, 2.24) is 0 Å². The van der Waals surface area contributed by atoms with E-state index in [2.05, 4.69) is 6.92 Å². The van der Waals surface area contributed by atoms with Crippen molar-refractivity contribution in [1.29, 1.82) is 0 Å². The summed E-state index contributed by atoms with van der Waals surface area (Å²) in [6.45, 7) is 3.02. The quantitative estimate of drug-likeness (QED) is 0.714. The van der Waals surface area contributed by atoms with Crippen LogP contribution < -0.4 is 4.90 Å². The van der Waals surface area contributed by atoms with E-state index in [1.54, 1.807) is 12.1 Å². The summed E-state index contributed by atoms with van der Waals surface area (Å²) >= 11 is 5.88. The second-order valence-electron chi connectivity index (χ2n) is 3.24. The molecular weight excluding hydrogens is 198 g/mol. The zero-order valence-corrected chi connectivity index (χ0v) is 9.21. The fraction of sp³-hybridized carbons (Fsp3) is 0.364. The molecule has 2 nitrogen and oxygen atoms in total. The van der Waals surface area contributed by atoms with Gasteiger partial charge in [0.05, 0.1) is 0 Å². The predicted octanol–water partition coefficient (Wildman–Crippen LogP) is 3.00. The van der Waals surface area contributed by atoms with Gasteiger partial charge in [-0.2, -0.15) is 0 Å². The Morgan fingerprint density at radius 1 is 1.50 bits per heavy atom. The summed E-state index contributed by atoms with van der Waals surface area (Å²) in [4.78, 5) is 12.8. The van der Waals surface area contributed by atoms with Crippen molar-refractivity contribution < 1.29 is 4.79 Å². The molecule has 0 radical (unpaired) electrons. The Hall–Kier alpha value is -1.02. The fourth-order valence-electron chi connectivity index (χ4n) is 1.40. The minimum Gasteiger partial charge on any atom is -0.374 e. The second-order valence-corrected chi connectivity index (χ2v) is 3.68. The van der Waals surface area contributed by atoms with Crippen LogP contribution in [0.1, 0.15) is 23.7 Å². The highest BCUT2D eigenvalue weighted by Crippen LogP contribution is 2.22. The van der Waals surface area contributed by atoms with Gasteiger partial charge in [0.25, 0.3) is 0 Å². The summed E-state index contributed by atoms with van der Waals surface area (Å²) in [5.74, 6) is 0. The number of nitrogens with zero attached hydrogens (tertiary/aromatic N) is 1. The molecule has 3 heteroatoms. The van der Waals surface area contributed by atoms with Gasteiger partial charge in [0.15, 0.2) is 6.29 Å². The average Bonchev–Trinajstić information content (AvgIpc) is 2.18. The van der Waals surface area contributed by atoms with E-state index in [1.807, 2.05) is 18.0 Å². The molecule has 0 N–H and O–H groups in total. The van der Waals surface area contributed by atoms with Crippen molar-refractivity contribution >= 4 is 23.6 Å². The second kappa shape index (κ2) is 5.01. The van der Waals surface area contributed by atoms with Crippen LogP contribution >= 0.6 is 11.6 Å². The van der Waals surface area contributed by atoms with E-state index >= 15 is 0 Å². The molecule has 0 amide bonds. The van der Waals surface area contributed by atoms with Crippen LogP contribution in [0.4, 0.5) is 5.69 Å². The summed E-state index contributed by atoms with van der Waals surface area (Å²) in [6.07, 6.45) is 1.90. The number of carbonyl (C=O) groups is 1. The number of rotatable bonds is 4. The van der Waals surface area contributed by atoms with E-state index in [0.717, 1.165) is 24.9 Å². The van der Waals surface area contributed by atoms with Crippen LogP contribution in [0.15, 0.2) is 18.2 Å². The molecule has 0 saturated carbocycles. The lowest BCUT2D eigenvalue weighted by Crippen LogP contribution is -2.19. The Balaban J connectivity index is 3.03. The Morgan fingerprint density at radius 2 is 2.21 bits per heavy atom. The fourth-order valence-corrected chi connectivity index (χ4v) is 1.57. The van der Waals surface area contributed by atoms with Crippen LogP contribution in [0.2, 0.25) is 5.02 Å². The molecule has 0 spiro atoms. The van der Waals surface area contributed by atoms with E-state index < -0.39 is 0 Å². The van der Waals surface area contributed by atoms with Gasteiger partial charge in [0.1, 0.15) is 0 Å². The van der Waals surface area contributed by atoms with E-state index in [0.29, 0.717) is 10.6 Å². The first-order chi connectivity index (χ1) is 6.69. The van der Waals surface area contributed by atoms with Crippen molar-refractivity contribution in [2.45, 2.75) is 13.3 Å². The highest BCUT2D eigenvalue weighted by atomic mass is 35.5. The molecule has 0 unspecified atom stereocenters. The van der Waals surface area contributed by atoms with Crippen LogP contribution in [-0.2, 0) is 0 Å². The zero-order valence-electron chi connectivity index (χ0n) is 8.46. The molecular formula is C11H14ClNO. The number of aldehydes is 1. The Morgan fingerprint density at radius 3 is 2.79 bits per heavy atom. The van der Waals surface area contributed by atoms with Crippen molar-refractivity contribution in [3.63, 3.8) is 0 Å². The molecule has 0 atom stereocenters. The molecule has 1 aromatic carbocycles. The first-order valence-corrected chi connectivity index (χ1v) is 5.02. The highest BCUT2D eigenvalue weighted by molar-refractivity contribution is 6.31. The molecule has 0 aliphatic rings. The lowest BCUT2D eigenvalue weighted by molar-refractivity contribution is 0.112. The third kappa shape index (κ3) is 2.48. The van der Waals surface area contributed by atoms with Gasteiger partial charge in [0.2, 0.25) is 0 Å². The summed E-state index contributed by atoms with van der Waals surface area (Å²) < 4.78 is 0. The number of benzene rings is 1. The molecule has 14 heavy (non-hydrogen) atoms. The third-order valence-electron chi connectivity index (χ3n) is 2.09. The first-order valence-electron chi connectivity index (χ1n) is 4.65. The number of halogens is 1. The predicted molar refractivity (Wildman–Crippen MR) is 60.4 cm³/mol. The molecule has 0 aliphatic carbocycles. The molecule has 0 aromatic heterocycles. The lowest BCUT2D eigenvalue weighted by atomic mass is 10.2. The standard InChI is InChI=1S/C11H14ClNO/c1-3-6-13(2)11-7-10(12)5-4-9(11)8-14/h4-5,7-8H,3,6H2,1-2H3. The molecule has 1 rings (SSSR count). The van der Waals surface area contributed by atoms with Crippen LogP contribution in [0.3, 0.4) is 0 Å². The maximum Gasteiger partial charge on any atom is 0.152 e. The molecule has 0 heterocycles. The average molecular weight is 212 g/mol. The normalized spacial score (nSPS) is 9.93. The minimum atomic E-state index is 0.661. The van der Waals surface area contributed by atoms with Gasteiger partial charge in [-0.05, 0) is 24.6 Å². The lowest BCUT2D eigenvalue weighted by Gasteiger charge is -2.20.